The van der Waals surface area contributed by atoms with Gasteiger partial charge in [-0.25, -0.2) is 0 Å². The van der Waals surface area contributed by atoms with Crippen LogP contribution in [0.3, 0.4) is 0 Å². The minimum atomic E-state index is 0.144. The SMILES string of the molecule is COc1ccc(Cl)cc1C1(CNCC(C)C)CCCC1C. The number of rotatable bonds is 6. The Labute approximate surface area is 134 Å². The highest BCUT2D eigenvalue weighted by Gasteiger charge is 2.43. The molecule has 1 aromatic carbocycles. The van der Waals surface area contributed by atoms with Crippen LogP contribution in [0, 0.1) is 11.8 Å². The Morgan fingerprint density at radius 2 is 2.19 bits per heavy atom. The molecule has 1 fully saturated rings. The summed E-state index contributed by atoms with van der Waals surface area (Å²) < 4.78 is 5.63. The van der Waals surface area contributed by atoms with Crippen molar-refractivity contribution in [3.8, 4) is 5.75 Å². The molecule has 1 aliphatic carbocycles. The molecule has 2 nitrogen and oxygen atoms in total. The monoisotopic (exact) mass is 309 g/mol. The zero-order valence-electron chi connectivity index (χ0n) is 13.7. The third-order valence-corrected chi connectivity index (χ3v) is 5.13. The Kier molecular flexibility index (Phi) is 5.56. The molecule has 21 heavy (non-hydrogen) atoms. The van der Waals surface area contributed by atoms with Gasteiger partial charge in [-0.2, -0.15) is 0 Å². The number of methoxy groups -OCH3 is 1. The van der Waals surface area contributed by atoms with Gasteiger partial charge in [-0.05, 0) is 49.4 Å². The van der Waals surface area contributed by atoms with Gasteiger partial charge in [0.2, 0.25) is 0 Å². The van der Waals surface area contributed by atoms with Gasteiger partial charge in [0.15, 0.2) is 0 Å². The normalized spacial score (nSPS) is 25.5. The fourth-order valence-corrected chi connectivity index (χ4v) is 3.83. The largest absolute Gasteiger partial charge is 0.496 e. The Morgan fingerprint density at radius 1 is 1.43 bits per heavy atom. The summed E-state index contributed by atoms with van der Waals surface area (Å²) >= 11 is 6.27. The van der Waals surface area contributed by atoms with E-state index in [-0.39, 0.29) is 5.41 Å². The second-order valence-electron chi connectivity index (χ2n) is 6.82. The van der Waals surface area contributed by atoms with E-state index in [0.717, 1.165) is 23.9 Å². The average molecular weight is 310 g/mol. The van der Waals surface area contributed by atoms with Crippen molar-refractivity contribution in [3.63, 3.8) is 0 Å². The van der Waals surface area contributed by atoms with Crippen molar-refractivity contribution in [3.05, 3.63) is 28.8 Å². The van der Waals surface area contributed by atoms with Crippen molar-refractivity contribution >= 4 is 11.6 Å². The van der Waals surface area contributed by atoms with Crippen LogP contribution in [-0.2, 0) is 5.41 Å². The molecule has 2 rings (SSSR count). The number of nitrogens with one attached hydrogen (secondary N) is 1. The zero-order valence-corrected chi connectivity index (χ0v) is 14.5. The van der Waals surface area contributed by atoms with Crippen molar-refractivity contribution in [2.45, 2.75) is 45.4 Å². The summed E-state index contributed by atoms with van der Waals surface area (Å²) in [5, 5.41) is 4.47. The molecule has 1 aliphatic rings. The van der Waals surface area contributed by atoms with Gasteiger partial charge in [0.1, 0.15) is 5.75 Å². The predicted molar refractivity (Wildman–Crippen MR) is 90.4 cm³/mol. The van der Waals surface area contributed by atoms with Crippen molar-refractivity contribution in [1.29, 1.82) is 0 Å². The van der Waals surface area contributed by atoms with Crippen LogP contribution in [-0.4, -0.2) is 20.2 Å². The first kappa shape index (κ1) is 16.6. The maximum Gasteiger partial charge on any atom is 0.122 e. The van der Waals surface area contributed by atoms with Gasteiger partial charge in [-0.15, -0.1) is 0 Å². The van der Waals surface area contributed by atoms with Crippen molar-refractivity contribution < 1.29 is 4.74 Å². The van der Waals surface area contributed by atoms with Gasteiger partial charge in [0.25, 0.3) is 0 Å². The molecule has 3 heteroatoms. The van der Waals surface area contributed by atoms with Crippen LogP contribution in [0.5, 0.6) is 5.75 Å². The van der Waals surface area contributed by atoms with Gasteiger partial charge < -0.3 is 10.1 Å². The Hall–Kier alpha value is -0.730. The molecular weight excluding hydrogens is 282 g/mol. The Balaban J connectivity index is 2.34. The molecular formula is C18H28ClNO. The zero-order chi connectivity index (χ0) is 15.5. The van der Waals surface area contributed by atoms with E-state index in [1.165, 1.54) is 24.8 Å². The van der Waals surface area contributed by atoms with Crippen LogP contribution < -0.4 is 10.1 Å². The van der Waals surface area contributed by atoms with Crippen LogP contribution in [0.25, 0.3) is 0 Å². The van der Waals surface area contributed by atoms with Gasteiger partial charge in [-0.1, -0.05) is 38.8 Å². The fraction of sp³-hybridized carbons (Fsp3) is 0.667. The highest BCUT2D eigenvalue weighted by atomic mass is 35.5. The molecule has 0 amide bonds. The molecule has 0 radical (unpaired) electrons. The molecule has 1 saturated carbocycles. The molecule has 0 aliphatic heterocycles. The van der Waals surface area contributed by atoms with E-state index in [0.29, 0.717) is 11.8 Å². The third-order valence-electron chi connectivity index (χ3n) is 4.89. The molecule has 0 saturated heterocycles. The van der Waals surface area contributed by atoms with Gasteiger partial charge in [0.05, 0.1) is 7.11 Å². The molecule has 0 heterocycles. The highest BCUT2D eigenvalue weighted by molar-refractivity contribution is 6.30. The van der Waals surface area contributed by atoms with Crippen LogP contribution in [0.4, 0.5) is 0 Å². The quantitative estimate of drug-likeness (QED) is 0.825. The lowest BCUT2D eigenvalue weighted by atomic mass is 9.72. The van der Waals surface area contributed by atoms with E-state index < -0.39 is 0 Å². The second kappa shape index (κ2) is 7.02. The summed E-state index contributed by atoms with van der Waals surface area (Å²) in [7, 11) is 1.75. The van der Waals surface area contributed by atoms with Crippen molar-refractivity contribution in [2.24, 2.45) is 11.8 Å². The molecule has 0 aromatic heterocycles. The van der Waals surface area contributed by atoms with E-state index >= 15 is 0 Å². The van der Waals surface area contributed by atoms with Gasteiger partial charge in [0, 0.05) is 22.5 Å². The first-order chi connectivity index (χ1) is 9.99. The Bertz CT molecular complexity index is 474. The van der Waals surface area contributed by atoms with E-state index in [4.69, 9.17) is 16.3 Å². The maximum absolute atomic E-state index is 6.27. The van der Waals surface area contributed by atoms with Crippen molar-refractivity contribution in [1.82, 2.24) is 5.32 Å². The van der Waals surface area contributed by atoms with Crippen LogP contribution in [0.15, 0.2) is 18.2 Å². The van der Waals surface area contributed by atoms with E-state index in [9.17, 15) is 0 Å². The molecule has 2 unspecified atom stereocenters. The molecule has 118 valence electrons. The van der Waals surface area contributed by atoms with E-state index in [1.54, 1.807) is 7.11 Å². The number of ether oxygens (including phenoxy) is 1. The number of hydrogen-bond acceptors (Lipinski definition) is 2. The summed E-state index contributed by atoms with van der Waals surface area (Å²) in [5.41, 5.74) is 1.42. The highest BCUT2D eigenvalue weighted by Crippen LogP contribution is 2.48. The van der Waals surface area contributed by atoms with Gasteiger partial charge >= 0.3 is 0 Å². The summed E-state index contributed by atoms with van der Waals surface area (Å²) in [5.74, 6) is 2.28. The lowest BCUT2D eigenvalue weighted by Gasteiger charge is -2.36. The minimum Gasteiger partial charge on any atom is -0.496 e. The standard InChI is InChI=1S/C18H28ClNO/c1-13(2)11-20-12-18(9-5-6-14(18)3)16-10-15(19)7-8-17(16)21-4/h7-8,10,13-14,20H,5-6,9,11-12H2,1-4H3. The van der Waals surface area contributed by atoms with Gasteiger partial charge in [-0.3, -0.25) is 0 Å². The molecule has 2 atom stereocenters. The molecule has 1 N–H and O–H groups in total. The van der Waals surface area contributed by atoms with Crippen LogP contribution in [0.2, 0.25) is 5.02 Å². The number of benzene rings is 1. The second-order valence-corrected chi connectivity index (χ2v) is 7.26. The topological polar surface area (TPSA) is 21.3 Å². The van der Waals surface area contributed by atoms with E-state index in [1.807, 2.05) is 12.1 Å². The molecule has 1 aromatic rings. The first-order valence-corrected chi connectivity index (χ1v) is 8.42. The predicted octanol–water partition coefficient (Wildman–Crippen LogP) is 4.65. The Morgan fingerprint density at radius 3 is 2.76 bits per heavy atom. The summed E-state index contributed by atoms with van der Waals surface area (Å²) in [4.78, 5) is 0. The van der Waals surface area contributed by atoms with E-state index in [2.05, 4.69) is 32.2 Å². The number of hydrogen-bond donors (Lipinski definition) is 1. The first-order valence-electron chi connectivity index (χ1n) is 8.04. The number of halogens is 1. The van der Waals surface area contributed by atoms with Crippen LogP contribution >= 0.6 is 11.6 Å². The summed E-state index contributed by atoms with van der Waals surface area (Å²) in [6.07, 6.45) is 3.76. The average Bonchev–Trinajstić information content (AvgIpc) is 2.80. The molecule has 0 spiro atoms. The lowest BCUT2D eigenvalue weighted by Crippen LogP contribution is -2.41. The lowest BCUT2D eigenvalue weighted by molar-refractivity contribution is 0.296. The maximum atomic E-state index is 6.27. The smallest absolute Gasteiger partial charge is 0.122 e. The summed E-state index contributed by atoms with van der Waals surface area (Å²) in [6, 6.07) is 6.03. The third kappa shape index (κ3) is 3.54. The van der Waals surface area contributed by atoms with Crippen molar-refractivity contribution in [2.75, 3.05) is 20.2 Å². The van der Waals surface area contributed by atoms with Crippen LogP contribution in [0.1, 0.15) is 45.6 Å². The summed E-state index contributed by atoms with van der Waals surface area (Å²) in [6.45, 7) is 8.92. The minimum absolute atomic E-state index is 0.144. The molecule has 0 bridgehead atoms. The fourth-order valence-electron chi connectivity index (χ4n) is 3.66.